The van der Waals surface area contributed by atoms with Crippen LogP contribution in [0, 0.1) is 0 Å². The summed E-state index contributed by atoms with van der Waals surface area (Å²) >= 11 is 0. The lowest BCUT2D eigenvalue weighted by Gasteiger charge is -2.34. The maximum atomic E-state index is 12.7. The minimum atomic E-state index is -0.338. The number of carbonyl (C=O) groups excluding carboxylic acids is 1. The summed E-state index contributed by atoms with van der Waals surface area (Å²) in [5.74, 6) is 0.618. The molecule has 1 atom stereocenters. The van der Waals surface area contributed by atoms with Crippen molar-refractivity contribution < 1.29 is 9.53 Å². The van der Waals surface area contributed by atoms with Crippen LogP contribution in [0.25, 0.3) is 0 Å². The van der Waals surface area contributed by atoms with Crippen LogP contribution in [0.3, 0.4) is 0 Å². The smallest absolute Gasteiger partial charge is 0.257 e. The van der Waals surface area contributed by atoms with Crippen LogP contribution in [0.5, 0.6) is 0 Å². The summed E-state index contributed by atoms with van der Waals surface area (Å²) in [4.78, 5) is 14.6. The van der Waals surface area contributed by atoms with Gasteiger partial charge in [-0.25, -0.2) is 0 Å². The molecule has 1 aromatic carbocycles. The number of nitrogens with one attached hydrogen (secondary N) is 1. The van der Waals surface area contributed by atoms with Gasteiger partial charge in [0.05, 0.1) is 6.61 Å². The number of amides is 1. The summed E-state index contributed by atoms with van der Waals surface area (Å²) in [5, 5.41) is 3.23. The third-order valence-electron chi connectivity index (χ3n) is 4.36. The molecule has 22 heavy (non-hydrogen) atoms. The molecular weight excluding hydrogens is 300 g/mol. The van der Waals surface area contributed by atoms with Gasteiger partial charge >= 0.3 is 0 Å². The minimum absolute atomic E-state index is 0. The zero-order chi connectivity index (χ0) is 14.8. The average molecular weight is 325 g/mol. The van der Waals surface area contributed by atoms with E-state index in [9.17, 15) is 4.79 Å². The van der Waals surface area contributed by atoms with Crippen molar-refractivity contribution in [2.45, 2.75) is 38.7 Å². The fraction of sp³-hybridized carbons (Fsp3) is 0.588. The Hall–Kier alpha value is -1.10. The van der Waals surface area contributed by atoms with Gasteiger partial charge in [-0.05, 0) is 36.0 Å². The van der Waals surface area contributed by atoms with Crippen LogP contribution in [-0.4, -0.2) is 38.3 Å². The summed E-state index contributed by atoms with van der Waals surface area (Å²) in [7, 11) is 0. The number of morpholine rings is 1. The molecule has 1 fully saturated rings. The zero-order valence-electron chi connectivity index (χ0n) is 13.3. The Balaban J connectivity index is 0.00000176. The predicted octanol–water partition coefficient (Wildman–Crippen LogP) is 2.50. The Morgan fingerprint density at radius 1 is 1.41 bits per heavy atom. The van der Waals surface area contributed by atoms with Gasteiger partial charge in [-0.3, -0.25) is 4.79 Å². The van der Waals surface area contributed by atoms with E-state index >= 15 is 0 Å². The lowest BCUT2D eigenvalue weighted by atomic mass is 9.94. The predicted molar refractivity (Wildman–Crippen MR) is 91.1 cm³/mol. The Morgan fingerprint density at radius 2 is 2.23 bits per heavy atom. The molecule has 2 aliphatic heterocycles. The van der Waals surface area contributed by atoms with Crippen LogP contribution in [0.4, 0.5) is 5.69 Å². The van der Waals surface area contributed by atoms with E-state index in [-0.39, 0.29) is 24.4 Å². The third kappa shape index (κ3) is 3.45. The SMILES string of the molecule is CC(C)c1ccc2c(c1)CCCN2C(=O)C1CNCCO1.Cl. The molecule has 2 heterocycles. The molecule has 0 radical (unpaired) electrons. The van der Waals surface area contributed by atoms with E-state index in [1.54, 1.807) is 0 Å². The van der Waals surface area contributed by atoms with Crippen molar-refractivity contribution >= 4 is 24.0 Å². The zero-order valence-corrected chi connectivity index (χ0v) is 14.1. The molecule has 4 nitrogen and oxygen atoms in total. The van der Waals surface area contributed by atoms with Crippen molar-refractivity contribution in [3.63, 3.8) is 0 Å². The van der Waals surface area contributed by atoms with Crippen LogP contribution in [-0.2, 0) is 16.0 Å². The lowest BCUT2D eigenvalue weighted by Crippen LogP contribution is -2.50. The number of hydrogen-bond acceptors (Lipinski definition) is 3. The van der Waals surface area contributed by atoms with E-state index in [1.165, 1.54) is 11.1 Å². The average Bonchev–Trinajstić information content (AvgIpc) is 2.54. The summed E-state index contributed by atoms with van der Waals surface area (Å²) in [6, 6.07) is 6.52. The first-order valence-corrected chi connectivity index (χ1v) is 7.93. The standard InChI is InChI=1S/C17H24N2O2.ClH/c1-12(2)13-5-6-15-14(10-13)4-3-8-19(15)17(20)16-11-18-7-9-21-16;/h5-6,10,12,16,18H,3-4,7-9,11H2,1-2H3;1H. The minimum Gasteiger partial charge on any atom is -0.366 e. The molecule has 1 aromatic rings. The van der Waals surface area contributed by atoms with Gasteiger partial charge in [0.25, 0.3) is 5.91 Å². The maximum Gasteiger partial charge on any atom is 0.257 e. The molecule has 1 N–H and O–H groups in total. The molecule has 1 unspecified atom stereocenters. The lowest BCUT2D eigenvalue weighted by molar-refractivity contribution is -0.131. The first-order valence-electron chi connectivity index (χ1n) is 7.93. The van der Waals surface area contributed by atoms with Gasteiger partial charge in [0.15, 0.2) is 0 Å². The summed E-state index contributed by atoms with van der Waals surface area (Å²) in [5.41, 5.74) is 3.72. The molecule has 3 rings (SSSR count). The monoisotopic (exact) mass is 324 g/mol. The van der Waals surface area contributed by atoms with E-state index in [4.69, 9.17) is 4.74 Å². The normalized spacial score (nSPS) is 21.2. The van der Waals surface area contributed by atoms with Crippen LogP contribution >= 0.6 is 12.4 Å². The summed E-state index contributed by atoms with van der Waals surface area (Å²) < 4.78 is 5.62. The Morgan fingerprint density at radius 3 is 2.91 bits per heavy atom. The van der Waals surface area contributed by atoms with E-state index in [2.05, 4.69) is 37.4 Å². The second kappa shape index (κ2) is 7.44. The quantitative estimate of drug-likeness (QED) is 0.909. The number of anilines is 1. The van der Waals surface area contributed by atoms with Gasteiger partial charge in [0.1, 0.15) is 6.10 Å². The van der Waals surface area contributed by atoms with Gasteiger partial charge in [0.2, 0.25) is 0 Å². The number of benzene rings is 1. The summed E-state index contributed by atoms with van der Waals surface area (Å²) in [6.07, 6.45) is 1.75. The number of halogens is 1. The number of aryl methyl sites for hydroxylation is 1. The largest absolute Gasteiger partial charge is 0.366 e. The highest BCUT2D eigenvalue weighted by Gasteiger charge is 2.30. The molecule has 122 valence electrons. The number of hydrogen-bond donors (Lipinski definition) is 1. The Labute approximate surface area is 138 Å². The maximum absolute atomic E-state index is 12.7. The molecule has 0 aliphatic carbocycles. The molecule has 2 aliphatic rings. The van der Waals surface area contributed by atoms with Gasteiger partial charge in [-0.15, -0.1) is 12.4 Å². The third-order valence-corrected chi connectivity index (χ3v) is 4.36. The Kier molecular flexibility index (Phi) is 5.84. The van der Waals surface area contributed by atoms with Crippen molar-refractivity contribution in [2.75, 3.05) is 31.1 Å². The van der Waals surface area contributed by atoms with Crippen LogP contribution in [0.2, 0.25) is 0 Å². The molecule has 0 aromatic heterocycles. The van der Waals surface area contributed by atoms with E-state index < -0.39 is 0 Å². The van der Waals surface area contributed by atoms with Crippen molar-refractivity contribution in [3.8, 4) is 0 Å². The highest BCUT2D eigenvalue weighted by atomic mass is 35.5. The van der Waals surface area contributed by atoms with Crippen LogP contribution < -0.4 is 10.2 Å². The number of ether oxygens (including phenoxy) is 1. The Bertz CT molecular complexity index is 527. The molecule has 1 saturated heterocycles. The summed E-state index contributed by atoms with van der Waals surface area (Å²) in [6.45, 7) is 7.27. The van der Waals surface area contributed by atoms with E-state index in [0.717, 1.165) is 31.6 Å². The van der Waals surface area contributed by atoms with Crippen molar-refractivity contribution in [1.29, 1.82) is 0 Å². The van der Waals surface area contributed by atoms with Crippen LogP contribution in [0.15, 0.2) is 18.2 Å². The first kappa shape index (κ1) is 17.3. The highest BCUT2D eigenvalue weighted by molar-refractivity contribution is 5.98. The van der Waals surface area contributed by atoms with Crippen LogP contribution in [0.1, 0.15) is 37.3 Å². The number of nitrogens with zero attached hydrogens (tertiary/aromatic N) is 1. The second-order valence-corrected chi connectivity index (χ2v) is 6.20. The second-order valence-electron chi connectivity index (χ2n) is 6.20. The molecule has 0 bridgehead atoms. The van der Waals surface area contributed by atoms with Crippen molar-refractivity contribution in [1.82, 2.24) is 5.32 Å². The fourth-order valence-corrected chi connectivity index (χ4v) is 3.10. The first-order chi connectivity index (χ1) is 10.2. The topological polar surface area (TPSA) is 41.6 Å². The van der Waals surface area contributed by atoms with Gasteiger partial charge < -0.3 is 15.0 Å². The molecule has 5 heteroatoms. The molecule has 0 spiro atoms. The molecular formula is C17H25ClN2O2. The number of fused-ring (bicyclic) bond motifs is 1. The van der Waals surface area contributed by atoms with E-state index in [1.807, 2.05) is 4.90 Å². The fourth-order valence-electron chi connectivity index (χ4n) is 3.10. The molecule has 0 saturated carbocycles. The number of carbonyl (C=O) groups is 1. The van der Waals surface area contributed by atoms with Gasteiger partial charge in [0, 0.05) is 25.3 Å². The number of rotatable bonds is 2. The van der Waals surface area contributed by atoms with E-state index in [0.29, 0.717) is 19.1 Å². The van der Waals surface area contributed by atoms with Crippen molar-refractivity contribution in [2.24, 2.45) is 0 Å². The van der Waals surface area contributed by atoms with Crippen molar-refractivity contribution in [3.05, 3.63) is 29.3 Å². The van der Waals surface area contributed by atoms with Gasteiger partial charge in [-0.2, -0.15) is 0 Å². The molecule has 1 amide bonds. The van der Waals surface area contributed by atoms with Gasteiger partial charge in [-0.1, -0.05) is 26.0 Å². The highest BCUT2D eigenvalue weighted by Crippen LogP contribution is 2.30.